The lowest BCUT2D eigenvalue weighted by Crippen LogP contribution is -2.62. The van der Waals surface area contributed by atoms with E-state index in [0.29, 0.717) is 18.4 Å². The van der Waals surface area contributed by atoms with E-state index in [1.54, 1.807) is 12.1 Å². The predicted octanol–water partition coefficient (Wildman–Crippen LogP) is 3.18. The number of hydrogen-bond donors (Lipinski definition) is 1. The highest BCUT2D eigenvalue weighted by atomic mass is 16.5. The molecule has 2 aliphatic carbocycles. The first-order chi connectivity index (χ1) is 15.4. The molecular weight excluding hydrogens is 410 g/mol. The van der Waals surface area contributed by atoms with Gasteiger partial charge in [-0.15, -0.1) is 0 Å². The normalized spacial score (nSPS) is 28.3. The number of esters is 3. The van der Waals surface area contributed by atoms with Crippen LogP contribution in [0.15, 0.2) is 48.5 Å². The molecule has 1 aliphatic heterocycles. The first-order valence-corrected chi connectivity index (χ1v) is 10.6. The van der Waals surface area contributed by atoms with Crippen LogP contribution in [0.2, 0.25) is 0 Å². The quantitative estimate of drug-likeness (QED) is 0.448. The van der Waals surface area contributed by atoms with Crippen molar-refractivity contribution in [1.29, 1.82) is 0 Å². The van der Waals surface area contributed by atoms with E-state index >= 15 is 0 Å². The molecule has 32 heavy (non-hydrogen) atoms. The molecule has 0 amide bonds. The second kappa shape index (κ2) is 6.82. The zero-order valence-electron chi connectivity index (χ0n) is 18.3. The van der Waals surface area contributed by atoms with Crippen molar-refractivity contribution in [3.05, 3.63) is 65.2 Å². The van der Waals surface area contributed by atoms with Crippen molar-refractivity contribution in [3.63, 3.8) is 0 Å². The van der Waals surface area contributed by atoms with E-state index in [4.69, 9.17) is 14.2 Å². The Morgan fingerprint density at radius 3 is 2.16 bits per heavy atom. The molecule has 7 heteroatoms. The van der Waals surface area contributed by atoms with Gasteiger partial charge in [0, 0.05) is 11.1 Å². The average molecular weight is 435 g/mol. The summed E-state index contributed by atoms with van der Waals surface area (Å²) in [5, 5.41) is 3.72. The zero-order chi connectivity index (χ0) is 22.7. The lowest BCUT2D eigenvalue weighted by Gasteiger charge is -2.59. The maximum absolute atomic E-state index is 13.0. The highest BCUT2D eigenvalue weighted by Gasteiger charge is 2.78. The van der Waals surface area contributed by atoms with Crippen LogP contribution in [0.5, 0.6) is 0 Å². The maximum atomic E-state index is 13.0. The molecule has 3 atom stereocenters. The Labute approximate surface area is 186 Å². The number of para-hydroxylation sites is 1. The van der Waals surface area contributed by atoms with E-state index in [1.165, 1.54) is 21.3 Å². The first-order valence-electron chi connectivity index (χ1n) is 10.6. The number of nitrogens with one attached hydrogen (secondary N) is 1. The largest absolute Gasteiger partial charge is 0.468 e. The summed E-state index contributed by atoms with van der Waals surface area (Å²) in [6, 6.07) is 15.4. The van der Waals surface area contributed by atoms with Crippen molar-refractivity contribution in [3.8, 4) is 0 Å². The summed E-state index contributed by atoms with van der Waals surface area (Å²) in [4.78, 5) is 37.8. The van der Waals surface area contributed by atoms with Crippen LogP contribution in [0.3, 0.4) is 0 Å². The zero-order valence-corrected chi connectivity index (χ0v) is 18.3. The summed E-state index contributed by atoms with van der Waals surface area (Å²) >= 11 is 0. The van der Waals surface area contributed by atoms with E-state index in [0.717, 1.165) is 23.2 Å². The van der Waals surface area contributed by atoms with Gasteiger partial charge in [-0.25, -0.2) is 4.79 Å². The van der Waals surface area contributed by atoms with Gasteiger partial charge in [0.25, 0.3) is 0 Å². The Balaban J connectivity index is 1.66. The second-order valence-corrected chi connectivity index (χ2v) is 8.96. The van der Waals surface area contributed by atoms with Crippen LogP contribution in [0.4, 0.5) is 5.69 Å². The summed E-state index contributed by atoms with van der Waals surface area (Å²) in [6.07, 6.45) is 1.42. The van der Waals surface area contributed by atoms with Crippen molar-refractivity contribution < 1.29 is 28.6 Å². The summed E-state index contributed by atoms with van der Waals surface area (Å²) in [6.45, 7) is 0. The monoisotopic (exact) mass is 435 g/mol. The number of methoxy groups -OCH3 is 3. The highest BCUT2D eigenvalue weighted by molar-refractivity contribution is 6.01. The maximum Gasteiger partial charge on any atom is 0.337 e. The van der Waals surface area contributed by atoms with E-state index in [1.807, 2.05) is 30.3 Å². The molecule has 1 spiro atoms. The molecule has 2 fully saturated rings. The standard InChI is InChI=1S/C25H25NO6/c1-30-20(27)15-8-10-16(11-9-15)25-13-17-12-23(21(28)31-2,22(29)32-3)14-24(17,25)18-6-4-5-7-19(18)26-25/h4-11,17,26H,12-14H2,1-3H3/t17-,24-,25+/m1/s1. The number of anilines is 1. The number of rotatable bonds is 4. The number of hydrogen-bond acceptors (Lipinski definition) is 7. The number of ether oxygens (including phenoxy) is 3. The molecule has 2 aromatic rings. The lowest BCUT2D eigenvalue weighted by atomic mass is 9.46. The molecule has 166 valence electrons. The number of fused-ring (bicyclic) bond motifs is 1. The van der Waals surface area contributed by atoms with Crippen LogP contribution < -0.4 is 5.32 Å². The molecule has 1 N–H and O–H groups in total. The molecule has 0 bridgehead atoms. The van der Waals surface area contributed by atoms with E-state index in [9.17, 15) is 14.4 Å². The third-order valence-electron chi connectivity index (χ3n) is 7.89. The summed E-state index contributed by atoms with van der Waals surface area (Å²) in [5.41, 5.74) is 1.25. The molecule has 0 unspecified atom stereocenters. The lowest BCUT2D eigenvalue weighted by molar-refractivity contribution is -0.169. The van der Waals surface area contributed by atoms with E-state index < -0.39 is 34.3 Å². The molecule has 1 heterocycles. The Kier molecular flexibility index (Phi) is 4.38. The third-order valence-corrected chi connectivity index (χ3v) is 7.89. The van der Waals surface area contributed by atoms with Crippen LogP contribution in [0.25, 0.3) is 0 Å². The molecule has 5 rings (SSSR count). The molecule has 0 saturated heterocycles. The topological polar surface area (TPSA) is 90.9 Å². The fraction of sp³-hybridized carbons (Fsp3) is 0.400. The number of carbonyl (C=O) groups is 3. The van der Waals surface area contributed by atoms with Gasteiger partial charge in [-0.1, -0.05) is 30.3 Å². The summed E-state index contributed by atoms with van der Waals surface area (Å²) < 4.78 is 15.0. The molecular formula is C25H25NO6. The Hall–Kier alpha value is -3.35. The van der Waals surface area contributed by atoms with Gasteiger partial charge in [0.05, 0.1) is 32.4 Å². The van der Waals surface area contributed by atoms with Gasteiger partial charge in [-0.2, -0.15) is 0 Å². The Morgan fingerprint density at radius 2 is 1.53 bits per heavy atom. The smallest absolute Gasteiger partial charge is 0.337 e. The third kappa shape index (κ3) is 2.28. The predicted molar refractivity (Wildman–Crippen MR) is 115 cm³/mol. The fourth-order valence-corrected chi connectivity index (χ4v) is 6.61. The minimum absolute atomic E-state index is 0.0946. The van der Waals surface area contributed by atoms with Gasteiger partial charge < -0.3 is 19.5 Å². The van der Waals surface area contributed by atoms with Gasteiger partial charge in [0.2, 0.25) is 0 Å². The van der Waals surface area contributed by atoms with Gasteiger partial charge in [-0.3, -0.25) is 9.59 Å². The molecule has 7 nitrogen and oxygen atoms in total. The minimum atomic E-state index is -1.35. The SMILES string of the molecule is COC(=O)c1ccc([C@@]23C[C@H]4CC(C(=O)OC)(C(=O)OC)C[C@]42c2ccccc2N3)cc1. The fourth-order valence-electron chi connectivity index (χ4n) is 6.61. The van der Waals surface area contributed by atoms with E-state index in [2.05, 4.69) is 11.4 Å². The van der Waals surface area contributed by atoms with Gasteiger partial charge >= 0.3 is 17.9 Å². The van der Waals surface area contributed by atoms with Crippen LogP contribution in [0.1, 0.15) is 40.7 Å². The van der Waals surface area contributed by atoms with Crippen LogP contribution in [-0.4, -0.2) is 39.2 Å². The van der Waals surface area contributed by atoms with Crippen molar-refractivity contribution >= 4 is 23.6 Å². The second-order valence-electron chi connectivity index (χ2n) is 8.96. The molecule has 3 aliphatic rings. The molecule has 0 radical (unpaired) electrons. The van der Waals surface area contributed by atoms with Gasteiger partial charge in [-0.05, 0) is 54.5 Å². The Bertz CT molecular complexity index is 1110. The van der Waals surface area contributed by atoms with Crippen molar-refractivity contribution in [1.82, 2.24) is 0 Å². The van der Waals surface area contributed by atoms with Crippen molar-refractivity contribution in [2.75, 3.05) is 26.6 Å². The first kappa shape index (κ1) is 20.5. The Morgan fingerprint density at radius 1 is 0.875 bits per heavy atom. The minimum Gasteiger partial charge on any atom is -0.468 e. The van der Waals surface area contributed by atoms with E-state index in [-0.39, 0.29) is 5.92 Å². The summed E-state index contributed by atoms with van der Waals surface area (Å²) in [7, 11) is 3.97. The van der Waals surface area contributed by atoms with Gasteiger partial charge in [0.1, 0.15) is 0 Å². The molecule has 2 aromatic carbocycles. The number of carbonyl (C=O) groups excluding carboxylic acids is 3. The number of benzene rings is 2. The average Bonchev–Trinajstić information content (AvgIpc) is 3.24. The van der Waals surface area contributed by atoms with Crippen molar-refractivity contribution in [2.45, 2.75) is 30.2 Å². The van der Waals surface area contributed by atoms with Crippen LogP contribution >= 0.6 is 0 Å². The molecule has 2 saturated carbocycles. The van der Waals surface area contributed by atoms with Crippen molar-refractivity contribution in [2.24, 2.45) is 11.3 Å². The highest BCUT2D eigenvalue weighted by Crippen LogP contribution is 2.76. The summed E-state index contributed by atoms with van der Waals surface area (Å²) in [5.74, 6) is -1.40. The molecule has 0 aromatic heterocycles. The van der Waals surface area contributed by atoms with Crippen LogP contribution in [0, 0.1) is 11.3 Å². The van der Waals surface area contributed by atoms with Gasteiger partial charge in [0.15, 0.2) is 5.41 Å². The van der Waals surface area contributed by atoms with Crippen LogP contribution in [-0.2, 0) is 34.8 Å².